The van der Waals surface area contributed by atoms with Crippen LogP contribution >= 0.6 is 0 Å². The first-order valence-corrected chi connectivity index (χ1v) is 7.72. The maximum atomic E-state index is 13.3. The number of hydrogen-bond acceptors (Lipinski definition) is 4. The van der Waals surface area contributed by atoms with Gasteiger partial charge in [0.05, 0.1) is 11.4 Å². The van der Waals surface area contributed by atoms with Crippen molar-refractivity contribution in [2.45, 2.75) is 27.4 Å². The predicted molar refractivity (Wildman–Crippen MR) is 93.8 cm³/mol. The molecule has 6 heteroatoms. The van der Waals surface area contributed by atoms with Gasteiger partial charge in [0.1, 0.15) is 25.4 Å². The van der Waals surface area contributed by atoms with Crippen molar-refractivity contribution in [2.24, 2.45) is 10.3 Å². The first-order chi connectivity index (χ1) is 11.9. The Hall–Kier alpha value is -2.76. The average Bonchev–Trinajstić information content (AvgIpc) is 2.55. The third kappa shape index (κ3) is 4.86. The Morgan fingerprint density at radius 2 is 1.68 bits per heavy atom. The molecule has 0 aromatic heterocycles. The van der Waals surface area contributed by atoms with E-state index in [1.807, 2.05) is 32.0 Å². The third-order valence-electron chi connectivity index (χ3n) is 3.72. The van der Waals surface area contributed by atoms with E-state index in [0.29, 0.717) is 11.3 Å². The molecule has 0 N–H and O–H groups in total. The number of benzene rings is 2. The third-order valence-corrected chi connectivity index (χ3v) is 3.72. The molecule has 0 saturated heterocycles. The fraction of sp³-hybridized carbons (Fsp3) is 0.263. The van der Waals surface area contributed by atoms with E-state index in [1.165, 1.54) is 19.2 Å². The minimum Gasteiger partial charge on any atom is -0.399 e. The molecular weight excluding hydrogens is 326 g/mol. The van der Waals surface area contributed by atoms with Gasteiger partial charge in [-0.15, -0.1) is 0 Å². The summed E-state index contributed by atoms with van der Waals surface area (Å²) in [5.74, 6) is -1.31. The van der Waals surface area contributed by atoms with Crippen molar-refractivity contribution >= 4 is 11.4 Å². The summed E-state index contributed by atoms with van der Waals surface area (Å²) < 4.78 is 26.6. The van der Waals surface area contributed by atoms with Crippen LogP contribution in [0.15, 0.2) is 46.7 Å². The van der Waals surface area contributed by atoms with Gasteiger partial charge in [-0.25, -0.2) is 8.78 Å². The molecule has 0 unspecified atom stereocenters. The summed E-state index contributed by atoms with van der Waals surface area (Å²) in [6.45, 7) is 5.63. The van der Waals surface area contributed by atoms with E-state index in [-0.39, 0.29) is 6.61 Å². The second kappa shape index (κ2) is 8.37. The fourth-order valence-electron chi connectivity index (χ4n) is 2.43. The Labute approximate surface area is 145 Å². The lowest BCUT2D eigenvalue weighted by Gasteiger charge is -2.11. The standard InChI is InChI=1S/C19H20F2N2O2/c1-12-6-5-7-18(14(3)22-24-4)19(12)11-25-23-13(2)15-8-16(20)10-17(21)9-15/h5-10H,11H2,1-4H3/b22-14-,23-13+. The number of hydrogen-bond donors (Lipinski definition) is 0. The molecule has 0 aliphatic rings. The monoisotopic (exact) mass is 346 g/mol. The number of nitrogens with zero attached hydrogens (tertiary/aromatic N) is 2. The van der Waals surface area contributed by atoms with Crippen molar-refractivity contribution in [3.05, 3.63) is 70.3 Å². The van der Waals surface area contributed by atoms with Gasteiger partial charge in [0.2, 0.25) is 0 Å². The van der Waals surface area contributed by atoms with Crippen molar-refractivity contribution in [3.63, 3.8) is 0 Å². The molecule has 0 amide bonds. The molecule has 25 heavy (non-hydrogen) atoms. The molecule has 132 valence electrons. The van der Waals surface area contributed by atoms with E-state index in [9.17, 15) is 8.78 Å². The molecule has 0 saturated carbocycles. The summed E-state index contributed by atoms with van der Waals surface area (Å²) in [6.07, 6.45) is 0. The minimum atomic E-state index is -0.655. The van der Waals surface area contributed by atoms with E-state index < -0.39 is 11.6 Å². The topological polar surface area (TPSA) is 43.2 Å². The molecule has 0 aliphatic heterocycles. The van der Waals surface area contributed by atoms with Gasteiger partial charge in [-0.3, -0.25) is 0 Å². The van der Waals surface area contributed by atoms with Gasteiger partial charge < -0.3 is 9.68 Å². The molecule has 0 aliphatic carbocycles. The molecule has 2 aromatic rings. The van der Waals surface area contributed by atoms with Gasteiger partial charge in [-0.1, -0.05) is 28.5 Å². The van der Waals surface area contributed by atoms with Crippen LogP contribution in [0.5, 0.6) is 0 Å². The predicted octanol–water partition coefficient (Wildman–Crippen LogP) is 4.58. The van der Waals surface area contributed by atoms with Gasteiger partial charge in [-0.2, -0.15) is 0 Å². The molecule has 0 heterocycles. The van der Waals surface area contributed by atoms with Crippen LogP contribution in [0.1, 0.15) is 36.1 Å². The average molecular weight is 346 g/mol. The Bertz CT molecular complexity index is 797. The Morgan fingerprint density at radius 1 is 1.00 bits per heavy atom. The molecule has 0 bridgehead atoms. The normalized spacial score (nSPS) is 12.2. The van der Waals surface area contributed by atoms with Crippen molar-refractivity contribution < 1.29 is 18.5 Å². The van der Waals surface area contributed by atoms with Crippen LogP contribution < -0.4 is 0 Å². The highest BCUT2D eigenvalue weighted by atomic mass is 19.1. The molecule has 0 radical (unpaired) electrons. The Kier molecular flexibility index (Phi) is 6.22. The Morgan fingerprint density at radius 3 is 2.32 bits per heavy atom. The summed E-state index contributed by atoms with van der Waals surface area (Å²) in [7, 11) is 1.49. The highest BCUT2D eigenvalue weighted by Crippen LogP contribution is 2.17. The molecule has 0 fully saturated rings. The quantitative estimate of drug-likeness (QED) is 0.567. The summed E-state index contributed by atoms with van der Waals surface area (Å²) in [4.78, 5) is 10.2. The van der Waals surface area contributed by atoms with E-state index in [4.69, 9.17) is 9.68 Å². The van der Waals surface area contributed by atoms with Crippen molar-refractivity contribution in [3.8, 4) is 0 Å². The first kappa shape index (κ1) is 18.6. The summed E-state index contributed by atoms with van der Waals surface area (Å²) in [5.41, 5.74) is 4.27. The highest BCUT2D eigenvalue weighted by molar-refractivity contribution is 6.00. The van der Waals surface area contributed by atoms with E-state index in [1.54, 1.807) is 6.92 Å². The van der Waals surface area contributed by atoms with Gasteiger partial charge in [0.15, 0.2) is 0 Å². The lowest BCUT2D eigenvalue weighted by molar-refractivity contribution is 0.130. The van der Waals surface area contributed by atoms with Crippen molar-refractivity contribution in [1.82, 2.24) is 0 Å². The summed E-state index contributed by atoms with van der Waals surface area (Å²) in [6, 6.07) is 9.03. The molecule has 2 aromatic carbocycles. The van der Waals surface area contributed by atoms with E-state index in [0.717, 1.165) is 28.5 Å². The lowest BCUT2D eigenvalue weighted by atomic mass is 10.00. The first-order valence-electron chi connectivity index (χ1n) is 7.72. The number of halogens is 2. The van der Waals surface area contributed by atoms with Crippen LogP contribution in [-0.2, 0) is 16.3 Å². The SMILES string of the molecule is CO/N=C(/C)c1cccc(C)c1CO/N=C(\C)c1cc(F)cc(F)c1. The van der Waals surface area contributed by atoms with E-state index in [2.05, 4.69) is 10.3 Å². The summed E-state index contributed by atoms with van der Waals surface area (Å²) in [5, 5.41) is 7.92. The molecule has 4 nitrogen and oxygen atoms in total. The maximum absolute atomic E-state index is 13.3. The second-order valence-electron chi connectivity index (χ2n) is 5.57. The maximum Gasteiger partial charge on any atom is 0.143 e. The number of rotatable bonds is 6. The van der Waals surface area contributed by atoms with Gasteiger partial charge in [0, 0.05) is 22.8 Å². The molecule has 2 rings (SSSR count). The molecule has 0 spiro atoms. The van der Waals surface area contributed by atoms with Crippen LogP contribution in [0.25, 0.3) is 0 Å². The van der Waals surface area contributed by atoms with Crippen LogP contribution in [0.3, 0.4) is 0 Å². The van der Waals surface area contributed by atoms with Gasteiger partial charge in [-0.05, 0) is 38.5 Å². The van der Waals surface area contributed by atoms with Gasteiger partial charge in [0.25, 0.3) is 0 Å². The van der Waals surface area contributed by atoms with Crippen molar-refractivity contribution in [2.75, 3.05) is 7.11 Å². The molecular formula is C19H20F2N2O2. The van der Waals surface area contributed by atoms with Crippen molar-refractivity contribution in [1.29, 1.82) is 0 Å². The second-order valence-corrected chi connectivity index (χ2v) is 5.57. The molecule has 0 atom stereocenters. The van der Waals surface area contributed by atoms with Crippen LogP contribution in [0, 0.1) is 18.6 Å². The lowest BCUT2D eigenvalue weighted by Crippen LogP contribution is -2.05. The highest BCUT2D eigenvalue weighted by Gasteiger charge is 2.10. The Balaban J connectivity index is 2.20. The zero-order valence-corrected chi connectivity index (χ0v) is 14.6. The zero-order valence-electron chi connectivity index (χ0n) is 14.6. The van der Waals surface area contributed by atoms with Crippen LogP contribution in [0.2, 0.25) is 0 Å². The van der Waals surface area contributed by atoms with Crippen LogP contribution in [-0.4, -0.2) is 18.5 Å². The number of oxime groups is 2. The van der Waals surface area contributed by atoms with Gasteiger partial charge >= 0.3 is 0 Å². The summed E-state index contributed by atoms with van der Waals surface area (Å²) >= 11 is 0. The zero-order chi connectivity index (χ0) is 18.4. The minimum absolute atomic E-state index is 0.202. The number of aryl methyl sites for hydroxylation is 1. The fourth-order valence-corrected chi connectivity index (χ4v) is 2.43. The van der Waals surface area contributed by atoms with Crippen LogP contribution in [0.4, 0.5) is 8.78 Å². The largest absolute Gasteiger partial charge is 0.399 e. The smallest absolute Gasteiger partial charge is 0.143 e. The van der Waals surface area contributed by atoms with E-state index >= 15 is 0 Å².